The van der Waals surface area contributed by atoms with E-state index in [2.05, 4.69) is 19.1 Å². The van der Waals surface area contributed by atoms with E-state index in [1.165, 1.54) is 6.08 Å². The van der Waals surface area contributed by atoms with Crippen molar-refractivity contribution < 1.29 is 9.53 Å². The van der Waals surface area contributed by atoms with Gasteiger partial charge in [0.15, 0.2) is 0 Å². The van der Waals surface area contributed by atoms with Crippen LogP contribution in [0.4, 0.5) is 0 Å². The Labute approximate surface area is 80.3 Å². The van der Waals surface area contributed by atoms with Gasteiger partial charge in [-0.05, 0) is 26.2 Å². The van der Waals surface area contributed by atoms with Crippen molar-refractivity contribution >= 4 is 5.97 Å². The molecule has 13 heavy (non-hydrogen) atoms. The molecule has 0 heterocycles. The highest BCUT2D eigenvalue weighted by Crippen LogP contribution is 1.94. The topological polar surface area (TPSA) is 26.3 Å². The Bertz CT molecular complexity index is 181. The van der Waals surface area contributed by atoms with Gasteiger partial charge < -0.3 is 4.74 Å². The molecule has 0 rings (SSSR count). The number of hydrogen-bond donors (Lipinski definition) is 0. The summed E-state index contributed by atoms with van der Waals surface area (Å²) in [5.74, 6) is -0.248. The first-order valence-corrected chi connectivity index (χ1v) is 4.75. The molecule has 0 amide bonds. The van der Waals surface area contributed by atoms with Crippen molar-refractivity contribution in [1.82, 2.24) is 0 Å². The molecule has 2 heteroatoms. The molecule has 0 bridgehead atoms. The fourth-order valence-corrected chi connectivity index (χ4v) is 0.843. The molecule has 0 spiro atoms. The molecule has 0 aromatic carbocycles. The van der Waals surface area contributed by atoms with Crippen LogP contribution >= 0.6 is 0 Å². The molecular weight excluding hydrogens is 164 g/mol. The summed E-state index contributed by atoms with van der Waals surface area (Å²) < 4.78 is 4.90. The molecule has 0 atom stereocenters. The quantitative estimate of drug-likeness (QED) is 0.273. The number of hydrogen-bond acceptors (Lipinski definition) is 2. The summed E-state index contributed by atoms with van der Waals surface area (Å²) >= 11 is 0. The van der Waals surface area contributed by atoms with Crippen LogP contribution in [0, 0.1) is 0 Å². The second-order valence-corrected chi connectivity index (χ2v) is 2.69. The van der Waals surface area contributed by atoms with Crippen molar-refractivity contribution in [2.24, 2.45) is 0 Å². The fourth-order valence-electron chi connectivity index (χ4n) is 0.843. The Balaban J connectivity index is 3.25. The van der Waals surface area contributed by atoms with E-state index in [0.717, 1.165) is 19.3 Å². The van der Waals surface area contributed by atoms with E-state index in [9.17, 15) is 4.79 Å². The zero-order valence-corrected chi connectivity index (χ0v) is 8.45. The SMILES string of the molecule is CC=CC(=O)OCCCC=CCC. The molecule has 0 fully saturated rings. The Morgan fingerprint density at radius 2 is 2.15 bits per heavy atom. The van der Waals surface area contributed by atoms with Gasteiger partial charge in [0.1, 0.15) is 0 Å². The van der Waals surface area contributed by atoms with Gasteiger partial charge in [-0.1, -0.05) is 25.2 Å². The number of allylic oxidation sites excluding steroid dienone is 3. The lowest BCUT2D eigenvalue weighted by Crippen LogP contribution is -2.01. The van der Waals surface area contributed by atoms with Crippen molar-refractivity contribution in [3.05, 3.63) is 24.3 Å². The van der Waals surface area contributed by atoms with Gasteiger partial charge in [0, 0.05) is 6.08 Å². The molecule has 74 valence electrons. The molecule has 0 aliphatic carbocycles. The summed E-state index contributed by atoms with van der Waals surface area (Å²) in [5, 5.41) is 0. The van der Waals surface area contributed by atoms with Crippen LogP contribution in [-0.4, -0.2) is 12.6 Å². The predicted molar refractivity (Wildman–Crippen MR) is 54.4 cm³/mol. The van der Waals surface area contributed by atoms with E-state index in [0.29, 0.717) is 6.61 Å². The highest BCUT2D eigenvalue weighted by molar-refractivity contribution is 5.81. The van der Waals surface area contributed by atoms with E-state index in [1.807, 2.05) is 0 Å². The molecule has 0 aromatic rings. The Kier molecular flexibility index (Phi) is 8.31. The number of carbonyl (C=O) groups is 1. The van der Waals surface area contributed by atoms with Crippen molar-refractivity contribution in [2.45, 2.75) is 33.1 Å². The predicted octanol–water partition coefficient (Wildman–Crippen LogP) is 2.85. The van der Waals surface area contributed by atoms with Gasteiger partial charge in [0.05, 0.1) is 6.61 Å². The molecule has 0 aliphatic rings. The normalized spacial score (nSPS) is 11.2. The maximum absolute atomic E-state index is 10.8. The lowest BCUT2D eigenvalue weighted by molar-refractivity contribution is -0.137. The summed E-state index contributed by atoms with van der Waals surface area (Å²) in [6, 6.07) is 0. The molecule has 2 nitrogen and oxygen atoms in total. The van der Waals surface area contributed by atoms with Crippen LogP contribution in [0.2, 0.25) is 0 Å². The average molecular weight is 182 g/mol. The van der Waals surface area contributed by atoms with Crippen molar-refractivity contribution in [3.63, 3.8) is 0 Å². The molecule has 0 aliphatic heterocycles. The third-order valence-electron chi connectivity index (χ3n) is 1.46. The van der Waals surface area contributed by atoms with Gasteiger partial charge in [0.25, 0.3) is 0 Å². The highest BCUT2D eigenvalue weighted by atomic mass is 16.5. The summed E-state index contributed by atoms with van der Waals surface area (Å²) in [4.78, 5) is 10.8. The van der Waals surface area contributed by atoms with Crippen molar-refractivity contribution in [1.29, 1.82) is 0 Å². The number of carbonyl (C=O) groups excluding carboxylic acids is 1. The van der Waals surface area contributed by atoms with E-state index in [4.69, 9.17) is 4.74 Å². The van der Waals surface area contributed by atoms with Crippen LogP contribution in [0.5, 0.6) is 0 Å². The third kappa shape index (κ3) is 8.86. The first-order valence-electron chi connectivity index (χ1n) is 4.75. The Hall–Kier alpha value is -1.05. The number of ether oxygens (including phenoxy) is 1. The zero-order valence-electron chi connectivity index (χ0n) is 8.45. The van der Waals surface area contributed by atoms with Gasteiger partial charge in [-0.3, -0.25) is 0 Å². The van der Waals surface area contributed by atoms with Gasteiger partial charge in [-0.2, -0.15) is 0 Å². The van der Waals surface area contributed by atoms with E-state index in [-0.39, 0.29) is 5.97 Å². The Morgan fingerprint density at radius 3 is 2.77 bits per heavy atom. The second-order valence-electron chi connectivity index (χ2n) is 2.69. The van der Waals surface area contributed by atoms with E-state index in [1.54, 1.807) is 13.0 Å². The first kappa shape index (κ1) is 11.9. The molecule has 0 saturated carbocycles. The van der Waals surface area contributed by atoms with Crippen molar-refractivity contribution in [3.8, 4) is 0 Å². The van der Waals surface area contributed by atoms with Crippen LogP contribution < -0.4 is 0 Å². The second kappa shape index (κ2) is 9.04. The van der Waals surface area contributed by atoms with Crippen LogP contribution in [0.15, 0.2) is 24.3 Å². The third-order valence-corrected chi connectivity index (χ3v) is 1.46. The zero-order chi connectivity index (χ0) is 9.94. The molecule has 0 radical (unpaired) electrons. The number of esters is 1. The summed E-state index contributed by atoms with van der Waals surface area (Å²) in [7, 11) is 0. The average Bonchev–Trinajstić information content (AvgIpc) is 2.11. The van der Waals surface area contributed by atoms with E-state index >= 15 is 0 Å². The molecule has 0 N–H and O–H groups in total. The minimum Gasteiger partial charge on any atom is -0.463 e. The molecule has 0 aromatic heterocycles. The lowest BCUT2D eigenvalue weighted by atomic mass is 10.3. The minimum atomic E-state index is -0.248. The van der Waals surface area contributed by atoms with Gasteiger partial charge in [-0.25, -0.2) is 4.79 Å². The van der Waals surface area contributed by atoms with Crippen LogP contribution in [-0.2, 0) is 9.53 Å². The van der Waals surface area contributed by atoms with Crippen molar-refractivity contribution in [2.75, 3.05) is 6.61 Å². The molecular formula is C11H18O2. The lowest BCUT2D eigenvalue weighted by Gasteiger charge is -1.98. The van der Waals surface area contributed by atoms with Crippen LogP contribution in [0.25, 0.3) is 0 Å². The minimum absolute atomic E-state index is 0.248. The largest absolute Gasteiger partial charge is 0.463 e. The smallest absolute Gasteiger partial charge is 0.330 e. The highest BCUT2D eigenvalue weighted by Gasteiger charge is 1.93. The van der Waals surface area contributed by atoms with Crippen LogP contribution in [0.3, 0.4) is 0 Å². The maximum Gasteiger partial charge on any atom is 0.330 e. The summed E-state index contributed by atoms with van der Waals surface area (Å²) in [6.07, 6.45) is 10.3. The molecule has 0 saturated heterocycles. The monoisotopic (exact) mass is 182 g/mol. The van der Waals surface area contributed by atoms with Gasteiger partial charge >= 0.3 is 5.97 Å². The summed E-state index contributed by atoms with van der Waals surface area (Å²) in [5.41, 5.74) is 0. The van der Waals surface area contributed by atoms with Gasteiger partial charge in [-0.15, -0.1) is 0 Å². The standard InChI is InChI=1S/C11H18O2/c1-3-5-6-7-8-10-13-11(12)9-4-2/h4-6,9H,3,7-8,10H2,1-2H3. The first-order chi connectivity index (χ1) is 6.31. The van der Waals surface area contributed by atoms with Gasteiger partial charge in [0.2, 0.25) is 0 Å². The fraction of sp³-hybridized carbons (Fsp3) is 0.545. The maximum atomic E-state index is 10.8. The number of unbranched alkanes of at least 4 members (excludes halogenated alkanes) is 1. The molecule has 0 unspecified atom stereocenters. The summed E-state index contributed by atoms with van der Waals surface area (Å²) in [6.45, 7) is 4.41. The van der Waals surface area contributed by atoms with Crippen LogP contribution in [0.1, 0.15) is 33.1 Å². The Morgan fingerprint density at radius 1 is 1.38 bits per heavy atom. The van der Waals surface area contributed by atoms with E-state index < -0.39 is 0 Å². The number of rotatable bonds is 6.